The summed E-state index contributed by atoms with van der Waals surface area (Å²) in [6.07, 6.45) is 5.20. The number of allylic oxidation sites excluding steroid dienone is 2. The van der Waals surface area contributed by atoms with Gasteiger partial charge in [-0.2, -0.15) is 0 Å². The smallest absolute Gasteiger partial charge is 0.223 e. The van der Waals surface area contributed by atoms with Gasteiger partial charge in [0.1, 0.15) is 0 Å². The predicted molar refractivity (Wildman–Crippen MR) is 69.6 cm³/mol. The molecule has 0 bridgehead atoms. The van der Waals surface area contributed by atoms with Crippen LogP contribution >= 0.6 is 0 Å². The molecule has 2 aliphatic heterocycles. The number of hydrogen-bond acceptors (Lipinski definition) is 2. The Labute approximate surface area is 108 Å². The van der Waals surface area contributed by atoms with Gasteiger partial charge in [0.15, 0.2) is 0 Å². The number of amides is 2. The molecular formula is C14H20N2O2. The molecule has 2 aliphatic rings. The van der Waals surface area contributed by atoms with Crippen LogP contribution in [0.1, 0.15) is 12.8 Å². The molecule has 98 valence electrons. The highest BCUT2D eigenvalue weighted by molar-refractivity contribution is 5.84. The third kappa shape index (κ3) is 2.19. The van der Waals surface area contributed by atoms with Crippen molar-refractivity contribution in [1.29, 1.82) is 0 Å². The second-order valence-electron chi connectivity index (χ2n) is 5.00. The van der Waals surface area contributed by atoms with E-state index in [1.165, 1.54) is 0 Å². The third-order valence-electron chi connectivity index (χ3n) is 4.10. The Morgan fingerprint density at radius 3 is 1.72 bits per heavy atom. The van der Waals surface area contributed by atoms with Gasteiger partial charge in [0.25, 0.3) is 0 Å². The van der Waals surface area contributed by atoms with E-state index in [4.69, 9.17) is 0 Å². The number of carbonyl (C=O) groups excluding carboxylic acids is 2. The summed E-state index contributed by atoms with van der Waals surface area (Å²) < 4.78 is 0. The van der Waals surface area contributed by atoms with Crippen molar-refractivity contribution in [2.24, 2.45) is 23.7 Å². The molecule has 2 heterocycles. The fourth-order valence-corrected chi connectivity index (χ4v) is 3.19. The molecule has 2 amide bonds. The average Bonchev–Trinajstić information content (AvgIpc) is 2.96. The van der Waals surface area contributed by atoms with Gasteiger partial charge in [0, 0.05) is 24.9 Å². The molecular weight excluding hydrogens is 228 g/mol. The Bertz CT molecular complexity index is 344. The fourth-order valence-electron chi connectivity index (χ4n) is 3.19. The minimum atomic E-state index is -0.0974. The highest BCUT2D eigenvalue weighted by atomic mass is 16.2. The summed E-state index contributed by atoms with van der Waals surface area (Å²) in [5, 5.41) is 5.70. The van der Waals surface area contributed by atoms with Crippen molar-refractivity contribution in [2.45, 2.75) is 12.8 Å². The van der Waals surface area contributed by atoms with Crippen LogP contribution in [0.5, 0.6) is 0 Å². The van der Waals surface area contributed by atoms with Crippen molar-refractivity contribution in [3.63, 3.8) is 0 Å². The summed E-state index contributed by atoms with van der Waals surface area (Å²) in [4.78, 5) is 23.8. The minimum absolute atomic E-state index is 0.00713. The topological polar surface area (TPSA) is 58.2 Å². The molecule has 2 rings (SSSR count). The number of nitrogens with one attached hydrogen (secondary N) is 2. The largest absolute Gasteiger partial charge is 0.356 e. The lowest BCUT2D eigenvalue weighted by Gasteiger charge is -2.30. The van der Waals surface area contributed by atoms with Crippen molar-refractivity contribution in [3.05, 3.63) is 25.3 Å². The van der Waals surface area contributed by atoms with Crippen LogP contribution in [0, 0.1) is 23.7 Å². The van der Waals surface area contributed by atoms with Crippen LogP contribution in [-0.4, -0.2) is 24.9 Å². The molecule has 0 aromatic heterocycles. The normalized spacial score (nSPS) is 28.9. The Balaban J connectivity index is 2.26. The SMILES string of the molecule is C=CC(C=C)C(C1CCNC1=O)C1CCNC1=O. The van der Waals surface area contributed by atoms with Gasteiger partial charge >= 0.3 is 0 Å². The fraction of sp³-hybridized carbons (Fsp3) is 0.571. The number of carbonyl (C=O) groups is 2. The maximum absolute atomic E-state index is 11.9. The van der Waals surface area contributed by atoms with Crippen LogP contribution < -0.4 is 10.6 Å². The molecule has 2 fully saturated rings. The van der Waals surface area contributed by atoms with Gasteiger partial charge in [0.05, 0.1) is 0 Å². The summed E-state index contributed by atoms with van der Waals surface area (Å²) in [5.41, 5.74) is 0. The van der Waals surface area contributed by atoms with E-state index in [0.29, 0.717) is 13.1 Å². The first-order chi connectivity index (χ1) is 8.69. The Hall–Kier alpha value is -1.58. The van der Waals surface area contributed by atoms with E-state index in [-0.39, 0.29) is 35.5 Å². The monoisotopic (exact) mass is 248 g/mol. The summed E-state index contributed by atoms with van der Waals surface area (Å²) in [6, 6.07) is 0. The van der Waals surface area contributed by atoms with Crippen LogP contribution in [-0.2, 0) is 9.59 Å². The first-order valence-corrected chi connectivity index (χ1v) is 6.49. The zero-order chi connectivity index (χ0) is 13.1. The molecule has 0 aromatic carbocycles. The molecule has 18 heavy (non-hydrogen) atoms. The first kappa shape index (κ1) is 12.9. The average molecular weight is 248 g/mol. The zero-order valence-corrected chi connectivity index (χ0v) is 10.5. The number of rotatable bonds is 5. The van der Waals surface area contributed by atoms with E-state index >= 15 is 0 Å². The van der Waals surface area contributed by atoms with Crippen LogP contribution in [0.3, 0.4) is 0 Å². The Morgan fingerprint density at radius 2 is 1.44 bits per heavy atom. The number of hydrogen-bond donors (Lipinski definition) is 2. The third-order valence-corrected chi connectivity index (χ3v) is 4.10. The summed E-state index contributed by atoms with van der Waals surface area (Å²) >= 11 is 0. The lowest BCUT2D eigenvalue weighted by Crippen LogP contribution is -2.37. The van der Waals surface area contributed by atoms with Crippen molar-refractivity contribution >= 4 is 11.8 Å². The van der Waals surface area contributed by atoms with E-state index in [1.807, 2.05) is 0 Å². The van der Waals surface area contributed by atoms with Crippen molar-refractivity contribution < 1.29 is 9.59 Å². The van der Waals surface area contributed by atoms with Crippen LogP contribution in [0.15, 0.2) is 25.3 Å². The van der Waals surface area contributed by atoms with Gasteiger partial charge in [-0.15, -0.1) is 13.2 Å². The lowest BCUT2D eigenvalue weighted by atomic mass is 9.72. The summed E-state index contributed by atoms with van der Waals surface area (Å²) in [7, 11) is 0. The van der Waals surface area contributed by atoms with E-state index < -0.39 is 0 Å². The van der Waals surface area contributed by atoms with Crippen molar-refractivity contribution in [3.8, 4) is 0 Å². The van der Waals surface area contributed by atoms with E-state index in [0.717, 1.165) is 12.8 Å². The highest BCUT2D eigenvalue weighted by Crippen LogP contribution is 2.37. The van der Waals surface area contributed by atoms with Crippen molar-refractivity contribution in [2.75, 3.05) is 13.1 Å². The molecule has 0 aromatic rings. The molecule has 0 radical (unpaired) electrons. The standard InChI is InChI=1S/C14H20N2O2/c1-3-9(4-2)12(10-5-7-15-13(10)17)11-6-8-16-14(11)18/h3-4,9-12H,1-2,5-8H2,(H,15,17)(H,16,18). The second-order valence-corrected chi connectivity index (χ2v) is 5.00. The zero-order valence-electron chi connectivity index (χ0n) is 10.5. The molecule has 2 atom stereocenters. The Kier molecular flexibility index (Phi) is 3.84. The lowest BCUT2D eigenvalue weighted by molar-refractivity contribution is -0.128. The minimum Gasteiger partial charge on any atom is -0.356 e. The van der Waals surface area contributed by atoms with Gasteiger partial charge in [0.2, 0.25) is 11.8 Å². The molecule has 2 unspecified atom stereocenters. The van der Waals surface area contributed by atoms with Gasteiger partial charge in [-0.05, 0) is 24.7 Å². The molecule has 0 saturated carbocycles. The maximum Gasteiger partial charge on any atom is 0.223 e. The highest BCUT2D eigenvalue weighted by Gasteiger charge is 2.43. The summed E-state index contributed by atoms with van der Waals surface area (Å²) in [5.74, 6) is -0.0702. The maximum atomic E-state index is 11.9. The predicted octanol–water partition coefficient (Wildman–Crippen LogP) is 0.863. The first-order valence-electron chi connectivity index (χ1n) is 6.49. The molecule has 0 aliphatic carbocycles. The van der Waals surface area contributed by atoms with Crippen LogP contribution in [0.4, 0.5) is 0 Å². The van der Waals surface area contributed by atoms with E-state index in [9.17, 15) is 9.59 Å². The van der Waals surface area contributed by atoms with E-state index in [1.54, 1.807) is 12.2 Å². The van der Waals surface area contributed by atoms with Gasteiger partial charge in [-0.25, -0.2) is 0 Å². The van der Waals surface area contributed by atoms with Gasteiger partial charge < -0.3 is 10.6 Å². The van der Waals surface area contributed by atoms with Crippen LogP contribution in [0.2, 0.25) is 0 Å². The van der Waals surface area contributed by atoms with E-state index in [2.05, 4.69) is 23.8 Å². The molecule has 0 spiro atoms. The molecule has 4 nitrogen and oxygen atoms in total. The Morgan fingerprint density at radius 1 is 1.00 bits per heavy atom. The summed E-state index contributed by atoms with van der Waals surface area (Å²) in [6.45, 7) is 9.03. The molecule has 2 N–H and O–H groups in total. The van der Waals surface area contributed by atoms with Gasteiger partial charge in [-0.3, -0.25) is 9.59 Å². The van der Waals surface area contributed by atoms with Gasteiger partial charge in [-0.1, -0.05) is 12.2 Å². The van der Waals surface area contributed by atoms with Crippen molar-refractivity contribution in [1.82, 2.24) is 10.6 Å². The quantitative estimate of drug-likeness (QED) is 0.709. The molecule has 2 saturated heterocycles. The molecule has 4 heteroatoms. The van der Waals surface area contributed by atoms with Crippen LogP contribution in [0.25, 0.3) is 0 Å². The second kappa shape index (κ2) is 5.38.